The second kappa shape index (κ2) is 5.88. The third-order valence-corrected chi connectivity index (χ3v) is 3.20. The average Bonchev–Trinajstić information content (AvgIpc) is 2.94. The number of carbonyl (C=O) groups is 1. The van der Waals surface area contributed by atoms with Gasteiger partial charge in [0.05, 0.1) is 5.56 Å². The lowest BCUT2D eigenvalue weighted by molar-refractivity contribution is 0.102. The molecule has 2 aromatic carbocycles. The molecule has 0 aliphatic rings. The van der Waals surface area contributed by atoms with E-state index >= 15 is 0 Å². The van der Waals surface area contributed by atoms with Crippen LogP contribution in [0.4, 0.5) is 10.1 Å². The van der Waals surface area contributed by atoms with Crippen molar-refractivity contribution in [1.82, 2.24) is 14.8 Å². The van der Waals surface area contributed by atoms with Gasteiger partial charge in [0.1, 0.15) is 17.9 Å². The molecule has 0 aliphatic carbocycles. The van der Waals surface area contributed by atoms with Gasteiger partial charge in [-0.2, -0.15) is 5.10 Å². The van der Waals surface area contributed by atoms with Gasteiger partial charge in [0.2, 0.25) is 0 Å². The third kappa shape index (κ3) is 3.18. The monoisotopic (exact) mass is 312 g/mol. The van der Waals surface area contributed by atoms with Crippen LogP contribution < -0.4 is 5.32 Å². The van der Waals surface area contributed by atoms with Crippen molar-refractivity contribution in [2.45, 2.75) is 0 Å². The van der Waals surface area contributed by atoms with Crippen molar-refractivity contribution in [1.29, 1.82) is 0 Å². The molecule has 2 N–H and O–H groups in total. The van der Waals surface area contributed by atoms with Crippen LogP contribution >= 0.6 is 0 Å². The highest BCUT2D eigenvalue weighted by molar-refractivity contribution is 6.06. The molecule has 0 bridgehead atoms. The Bertz CT molecular complexity index is 859. The van der Waals surface area contributed by atoms with Crippen LogP contribution in [-0.4, -0.2) is 25.8 Å². The maximum Gasteiger partial charge on any atom is 0.259 e. The van der Waals surface area contributed by atoms with E-state index in [0.717, 1.165) is 17.7 Å². The van der Waals surface area contributed by atoms with E-state index < -0.39 is 17.5 Å². The molecule has 1 heterocycles. The van der Waals surface area contributed by atoms with Crippen LogP contribution in [0.3, 0.4) is 0 Å². The number of amides is 1. The Morgan fingerprint density at radius 3 is 2.57 bits per heavy atom. The minimum absolute atomic E-state index is 0.00173. The van der Waals surface area contributed by atoms with E-state index in [1.807, 2.05) is 0 Å². The first kappa shape index (κ1) is 14.7. The van der Waals surface area contributed by atoms with Gasteiger partial charge in [-0.1, -0.05) is 0 Å². The number of rotatable bonds is 3. The summed E-state index contributed by atoms with van der Waals surface area (Å²) in [7, 11) is 1.78. The number of carbonyl (C=O) groups excluding carboxylic acids is 1. The lowest BCUT2D eigenvalue weighted by Crippen LogP contribution is -2.12. The third-order valence-electron chi connectivity index (χ3n) is 3.20. The summed E-state index contributed by atoms with van der Waals surface area (Å²) in [6.07, 6.45) is 1.60. The summed E-state index contributed by atoms with van der Waals surface area (Å²) in [5, 5.41) is 16.4. The highest BCUT2D eigenvalue weighted by atomic mass is 19.1. The number of halogens is 1. The van der Waals surface area contributed by atoms with Gasteiger partial charge >= 0.3 is 0 Å². The molecule has 6 nitrogen and oxygen atoms in total. The minimum atomic E-state index is -0.605. The van der Waals surface area contributed by atoms with Crippen molar-refractivity contribution in [3.05, 3.63) is 60.2 Å². The summed E-state index contributed by atoms with van der Waals surface area (Å²) < 4.78 is 14.5. The minimum Gasteiger partial charge on any atom is -0.507 e. The number of benzene rings is 2. The van der Waals surface area contributed by atoms with E-state index in [2.05, 4.69) is 15.4 Å². The summed E-state index contributed by atoms with van der Waals surface area (Å²) in [4.78, 5) is 16.2. The molecular weight excluding hydrogens is 299 g/mol. The number of nitrogens with one attached hydrogen (secondary N) is 1. The van der Waals surface area contributed by atoms with Crippen molar-refractivity contribution in [3.8, 4) is 17.1 Å². The lowest BCUT2D eigenvalue weighted by atomic mass is 10.1. The molecule has 1 amide bonds. The van der Waals surface area contributed by atoms with Gasteiger partial charge < -0.3 is 10.4 Å². The van der Waals surface area contributed by atoms with E-state index in [-0.39, 0.29) is 5.56 Å². The van der Waals surface area contributed by atoms with Crippen molar-refractivity contribution in [2.24, 2.45) is 7.05 Å². The Morgan fingerprint density at radius 1 is 1.22 bits per heavy atom. The maximum absolute atomic E-state index is 12.9. The number of aromatic nitrogens is 3. The van der Waals surface area contributed by atoms with Crippen molar-refractivity contribution < 1.29 is 14.3 Å². The Hall–Kier alpha value is -3.22. The van der Waals surface area contributed by atoms with E-state index in [1.54, 1.807) is 42.3 Å². The van der Waals surface area contributed by atoms with E-state index in [1.165, 1.54) is 6.07 Å². The second-order valence-electron chi connectivity index (χ2n) is 4.93. The SMILES string of the molecule is Cn1cnc(-c2ccc(NC(=O)c3ccc(F)cc3O)cc2)n1. The smallest absolute Gasteiger partial charge is 0.259 e. The van der Waals surface area contributed by atoms with Gasteiger partial charge in [0.25, 0.3) is 5.91 Å². The van der Waals surface area contributed by atoms with Crippen molar-refractivity contribution in [2.75, 3.05) is 5.32 Å². The Labute approximate surface area is 131 Å². The second-order valence-corrected chi connectivity index (χ2v) is 4.93. The Kier molecular flexibility index (Phi) is 3.76. The predicted molar refractivity (Wildman–Crippen MR) is 82.5 cm³/mol. The molecule has 0 atom stereocenters. The molecular formula is C16H13FN4O2. The number of phenols is 1. The van der Waals surface area contributed by atoms with Crippen LogP contribution in [0.2, 0.25) is 0 Å². The highest BCUT2D eigenvalue weighted by Gasteiger charge is 2.12. The number of aromatic hydroxyl groups is 1. The maximum atomic E-state index is 12.9. The van der Waals surface area contributed by atoms with Crippen LogP contribution in [0.15, 0.2) is 48.8 Å². The normalized spacial score (nSPS) is 10.5. The van der Waals surface area contributed by atoms with Gasteiger partial charge in [-0.05, 0) is 36.4 Å². The van der Waals surface area contributed by atoms with Crippen LogP contribution in [0.25, 0.3) is 11.4 Å². The van der Waals surface area contributed by atoms with Crippen molar-refractivity contribution in [3.63, 3.8) is 0 Å². The molecule has 0 aliphatic heterocycles. The van der Waals surface area contributed by atoms with Crippen LogP contribution in [0, 0.1) is 5.82 Å². The van der Waals surface area contributed by atoms with E-state index in [9.17, 15) is 14.3 Å². The number of hydrogen-bond donors (Lipinski definition) is 2. The number of nitrogens with zero attached hydrogens (tertiary/aromatic N) is 3. The van der Waals surface area contributed by atoms with Gasteiger partial charge in [0.15, 0.2) is 5.82 Å². The fourth-order valence-corrected chi connectivity index (χ4v) is 2.07. The first-order valence-electron chi connectivity index (χ1n) is 6.79. The van der Waals surface area contributed by atoms with Crippen molar-refractivity contribution >= 4 is 11.6 Å². The van der Waals surface area contributed by atoms with Crippen LogP contribution in [0.5, 0.6) is 5.75 Å². The molecule has 7 heteroatoms. The largest absolute Gasteiger partial charge is 0.507 e. The first-order chi connectivity index (χ1) is 11.0. The summed E-state index contributed by atoms with van der Waals surface area (Å²) >= 11 is 0. The molecule has 3 rings (SSSR count). The fraction of sp³-hybridized carbons (Fsp3) is 0.0625. The standard InChI is InChI=1S/C16H13FN4O2/c1-21-9-18-15(20-21)10-2-5-12(6-3-10)19-16(23)13-7-4-11(17)8-14(13)22/h2-9,22H,1H3,(H,19,23). The predicted octanol–water partition coefficient (Wildman–Crippen LogP) is 2.58. The Morgan fingerprint density at radius 2 is 1.96 bits per heavy atom. The molecule has 1 aromatic heterocycles. The van der Waals surface area contributed by atoms with Gasteiger partial charge in [-0.25, -0.2) is 9.37 Å². The molecule has 23 heavy (non-hydrogen) atoms. The number of anilines is 1. The van der Waals surface area contributed by atoms with E-state index in [4.69, 9.17) is 0 Å². The van der Waals surface area contributed by atoms with Crippen LogP contribution in [-0.2, 0) is 7.05 Å². The topological polar surface area (TPSA) is 80.0 Å². The van der Waals surface area contributed by atoms with Gasteiger partial charge in [-0.15, -0.1) is 0 Å². The summed E-state index contributed by atoms with van der Waals surface area (Å²) in [6.45, 7) is 0. The van der Waals surface area contributed by atoms with Crippen LogP contribution in [0.1, 0.15) is 10.4 Å². The van der Waals surface area contributed by atoms with E-state index in [0.29, 0.717) is 11.5 Å². The fourth-order valence-electron chi connectivity index (χ4n) is 2.07. The number of hydrogen-bond acceptors (Lipinski definition) is 4. The summed E-state index contributed by atoms with van der Waals surface area (Å²) in [6, 6.07) is 10.2. The number of aryl methyl sites for hydroxylation is 1. The molecule has 0 saturated carbocycles. The molecule has 0 spiro atoms. The quantitative estimate of drug-likeness (QED) is 0.779. The molecule has 0 unspecified atom stereocenters. The molecule has 0 saturated heterocycles. The number of phenolic OH excluding ortho intramolecular Hbond substituents is 1. The summed E-state index contributed by atoms with van der Waals surface area (Å²) in [5.74, 6) is -0.948. The average molecular weight is 312 g/mol. The molecule has 0 radical (unpaired) electrons. The van der Waals surface area contributed by atoms with Gasteiger partial charge in [0, 0.05) is 24.4 Å². The van der Waals surface area contributed by atoms with Gasteiger partial charge in [-0.3, -0.25) is 9.48 Å². The zero-order valence-corrected chi connectivity index (χ0v) is 12.2. The molecule has 3 aromatic rings. The zero-order valence-electron chi connectivity index (χ0n) is 12.2. The Balaban J connectivity index is 1.76. The highest BCUT2D eigenvalue weighted by Crippen LogP contribution is 2.21. The first-order valence-corrected chi connectivity index (χ1v) is 6.79. The molecule has 0 fully saturated rings. The lowest BCUT2D eigenvalue weighted by Gasteiger charge is -2.07. The summed E-state index contributed by atoms with van der Waals surface area (Å²) in [5.41, 5.74) is 1.36. The molecule has 116 valence electrons. The zero-order chi connectivity index (χ0) is 16.4.